The number of primary amides is 1. The van der Waals surface area contributed by atoms with Gasteiger partial charge in [0.1, 0.15) is 6.10 Å². The van der Waals surface area contributed by atoms with Crippen LogP contribution >= 0.6 is 11.6 Å². The highest BCUT2D eigenvalue weighted by molar-refractivity contribution is 6.32. The fourth-order valence-electron chi connectivity index (χ4n) is 1.47. The molecule has 2 atom stereocenters. The van der Waals surface area contributed by atoms with Gasteiger partial charge in [0, 0.05) is 11.3 Å². The van der Waals surface area contributed by atoms with Crippen LogP contribution in [0.15, 0.2) is 12.1 Å². The van der Waals surface area contributed by atoms with Crippen molar-refractivity contribution in [1.29, 1.82) is 0 Å². The van der Waals surface area contributed by atoms with Crippen LogP contribution in [0.5, 0.6) is 0 Å². The van der Waals surface area contributed by atoms with Gasteiger partial charge in [-0.15, -0.1) is 0 Å². The summed E-state index contributed by atoms with van der Waals surface area (Å²) in [7, 11) is 0. The zero-order valence-electron chi connectivity index (χ0n) is 9.35. The van der Waals surface area contributed by atoms with E-state index in [1.807, 2.05) is 0 Å². The first-order valence-corrected chi connectivity index (χ1v) is 5.41. The van der Waals surface area contributed by atoms with E-state index in [1.165, 1.54) is 6.07 Å². The van der Waals surface area contributed by atoms with Gasteiger partial charge in [0.2, 0.25) is 5.91 Å². The van der Waals surface area contributed by atoms with Crippen LogP contribution in [-0.2, 0) is 4.79 Å². The number of benzene rings is 1. The predicted molar refractivity (Wildman–Crippen MR) is 65.4 cm³/mol. The summed E-state index contributed by atoms with van der Waals surface area (Å²) < 4.78 is 0. The number of carbonyl (C=O) groups is 1. The van der Waals surface area contributed by atoms with Crippen molar-refractivity contribution < 1.29 is 15.0 Å². The molecule has 0 saturated carbocycles. The lowest BCUT2D eigenvalue weighted by atomic mass is 9.99. The Morgan fingerprint density at radius 2 is 2.06 bits per heavy atom. The number of rotatable bonds is 4. The lowest BCUT2D eigenvalue weighted by Crippen LogP contribution is -2.26. The number of anilines is 1. The molecule has 0 aromatic heterocycles. The highest BCUT2D eigenvalue weighted by Gasteiger charge is 2.23. The van der Waals surface area contributed by atoms with E-state index in [1.54, 1.807) is 13.0 Å². The molecule has 0 heterocycles. The zero-order chi connectivity index (χ0) is 13.2. The molecular formula is C11H15ClN2O3. The van der Waals surface area contributed by atoms with Gasteiger partial charge in [-0.2, -0.15) is 0 Å². The molecule has 1 aromatic rings. The van der Waals surface area contributed by atoms with Gasteiger partial charge in [-0.3, -0.25) is 4.79 Å². The molecule has 94 valence electrons. The molecule has 1 aromatic carbocycles. The van der Waals surface area contributed by atoms with Gasteiger partial charge in [0.25, 0.3) is 0 Å². The molecule has 0 aliphatic heterocycles. The number of aliphatic hydroxyl groups is 2. The minimum Gasteiger partial charge on any atom is -0.398 e. The van der Waals surface area contributed by atoms with Crippen LogP contribution in [0.25, 0.3) is 0 Å². The predicted octanol–water partition coefficient (Wildman–Crippen LogP) is 0.500. The first kappa shape index (κ1) is 13.8. The smallest absolute Gasteiger partial charge is 0.220 e. The van der Waals surface area contributed by atoms with E-state index in [9.17, 15) is 15.0 Å². The summed E-state index contributed by atoms with van der Waals surface area (Å²) in [6, 6.07) is 3.09. The second-order valence-corrected chi connectivity index (χ2v) is 4.24. The van der Waals surface area contributed by atoms with E-state index in [4.69, 9.17) is 23.1 Å². The van der Waals surface area contributed by atoms with Gasteiger partial charge in [0.05, 0.1) is 17.5 Å². The van der Waals surface area contributed by atoms with Crippen LogP contribution in [0, 0.1) is 6.92 Å². The summed E-state index contributed by atoms with van der Waals surface area (Å²) >= 11 is 6.01. The number of aliphatic hydroxyl groups excluding tert-OH is 2. The number of halogens is 1. The van der Waals surface area contributed by atoms with Crippen molar-refractivity contribution in [2.24, 2.45) is 5.73 Å². The average molecular weight is 259 g/mol. The number of nitrogen functional groups attached to an aromatic ring is 1. The molecule has 6 N–H and O–H groups in total. The molecule has 1 amide bonds. The average Bonchev–Trinajstić information content (AvgIpc) is 2.24. The summed E-state index contributed by atoms with van der Waals surface area (Å²) in [6.07, 6.45) is -2.89. The van der Waals surface area contributed by atoms with Crippen molar-refractivity contribution in [2.75, 3.05) is 5.73 Å². The Morgan fingerprint density at radius 3 is 2.59 bits per heavy atom. The van der Waals surface area contributed by atoms with Crippen molar-refractivity contribution in [1.82, 2.24) is 0 Å². The normalized spacial score (nSPS) is 14.4. The van der Waals surface area contributed by atoms with E-state index in [-0.39, 0.29) is 11.4 Å². The summed E-state index contributed by atoms with van der Waals surface area (Å²) in [5.41, 5.74) is 12.0. The van der Waals surface area contributed by atoms with Crippen molar-refractivity contribution in [2.45, 2.75) is 25.6 Å². The van der Waals surface area contributed by atoms with Crippen molar-refractivity contribution in [3.05, 3.63) is 28.3 Å². The Balaban J connectivity index is 3.00. The fourth-order valence-corrected chi connectivity index (χ4v) is 1.76. The SMILES string of the molecule is Cc1c(N)ccc(C(O)C(O)CC(N)=O)c1Cl. The van der Waals surface area contributed by atoms with Gasteiger partial charge in [-0.25, -0.2) is 0 Å². The van der Waals surface area contributed by atoms with Crippen LogP contribution in [0.1, 0.15) is 23.7 Å². The number of nitrogens with two attached hydrogens (primary N) is 2. The minimum atomic E-state index is -1.28. The second kappa shape index (κ2) is 5.35. The van der Waals surface area contributed by atoms with E-state index < -0.39 is 18.1 Å². The maximum Gasteiger partial charge on any atom is 0.220 e. The Bertz CT molecular complexity index is 437. The molecule has 2 unspecified atom stereocenters. The number of carbonyl (C=O) groups excluding carboxylic acids is 1. The van der Waals surface area contributed by atoms with Gasteiger partial charge in [0.15, 0.2) is 0 Å². The molecule has 0 fully saturated rings. The second-order valence-electron chi connectivity index (χ2n) is 3.87. The number of hydrogen-bond acceptors (Lipinski definition) is 4. The van der Waals surface area contributed by atoms with Crippen LogP contribution < -0.4 is 11.5 Å². The molecule has 0 spiro atoms. The lowest BCUT2D eigenvalue weighted by molar-refractivity contribution is -0.121. The highest BCUT2D eigenvalue weighted by atomic mass is 35.5. The Hall–Kier alpha value is -1.30. The molecule has 0 aliphatic carbocycles. The van der Waals surface area contributed by atoms with E-state index in [0.717, 1.165) is 0 Å². The van der Waals surface area contributed by atoms with Gasteiger partial charge >= 0.3 is 0 Å². The zero-order valence-corrected chi connectivity index (χ0v) is 10.1. The molecular weight excluding hydrogens is 244 g/mol. The standard InChI is InChI=1S/C11H15ClN2O3/c1-5-7(13)3-2-6(10(5)12)11(17)8(15)4-9(14)16/h2-3,8,11,15,17H,4,13H2,1H3,(H2,14,16). The highest BCUT2D eigenvalue weighted by Crippen LogP contribution is 2.31. The van der Waals surface area contributed by atoms with E-state index in [2.05, 4.69) is 0 Å². The Labute approximate surface area is 104 Å². The van der Waals surface area contributed by atoms with Crippen LogP contribution in [0.4, 0.5) is 5.69 Å². The molecule has 0 radical (unpaired) electrons. The maximum atomic E-state index is 10.6. The van der Waals surface area contributed by atoms with Crippen molar-refractivity contribution in [3.63, 3.8) is 0 Å². The first-order valence-electron chi connectivity index (χ1n) is 5.03. The molecule has 1 rings (SSSR count). The van der Waals surface area contributed by atoms with E-state index >= 15 is 0 Å². The topological polar surface area (TPSA) is 110 Å². The Morgan fingerprint density at radius 1 is 1.47 bits per heavy atom. The third-order valence-corrected chi connectivity index (χ3v) is 3.05. The lowest BCUT2D eigenvalue weighted by Gasteiger charge is -2.19. The fraction of sp³-hybridized carbons (Fsp3) is 0.364. The number of amides is 1. The van der Waals surface area contributed by atoms with Crippen LogP contribution in [0.2, 0.25) is 5.02 Å². The monoisotopic (exact) mass is 258 g/mol. The molecule has 6 heteroatoms. The molecule has 0 bridgehead atoms. The minimum absolute atomic E-state index is 0.279. The first-order chi connectivity index (χ1) is 7.84. The Kier molecular flexibility index (Phi) is 4.34. The number of hydrogen-bond donors (Lipinski definition) is 4. The van der Waals surface area contributed by atoms with Crippen LogP contribution in [-0.4, -0.2) is 22.2 Å². The van der Waals surface area contributed by atoms with Gasteiger partial charge < -0.3 is 21.7 Å². The van der Waals surface area contributed by atoms with Gasteiger partial charge in [-0.05, 0) is 18.6 Å². The summed E-state index contributed by atoms with van der Waals surface area (Å²) in [5.74, 6) is -0.695. The summed E-state index contributed by atoms with van der Waals surface area (Å²) in [6.45, 7) is 1.70. The third kappa shape index (κ3) is 3.09. The van der Waals surface area contributed by atoms with Gasteiger partial charge in [-0.1, -0.05) is 17.7 Å². The van der Waals surface area contributed by atoms with Crippen molar-refractivity contribution in [3.8, 4) is 0 Å². The molecule has 0 saturated heterocycles. The maximum absolute atomic E-state index is 10.6. The van der Waals surface area contributed by atoms with Crippen molar-refractivity contribution >= 4 is 23.2 Å². The third-order valence-electron chi connectivity index (χ3n) is 2.55. The summed E-state index contributed by atoms with van der Waals surface area (Å²) in [5, 5.41) is 19.7. The molecule has 0 aliphatic rings. The quantitative estimate of drug-likeness (QED) is 0.590. The summed E-state index contributed by atoms with van der Waals surface area (Å²) in [4.78, 5) is 10.6. The largest absolute Gasteiger partial charge is 0.398 e. The molecule has 17 heavy (non-hydrogen) atoms. The molecule has 5 nitrogen and oxygen atoms in total. The van der Waals surface area contributed by atoms with Crippen LogP contribution in [0.3, 0.4) is 0 Å². The van der Waals surface area contributed by atoms with E-state index in [0.29, 0.717) is 16.8 Å².